The van der Waals surface area contributed by atoms with Gasteiger partial charge in [-0.15, -0.1) is 0 Å². The molecular weight excluding hydrogens is 196 g/mol. The molecule has 1 aliphatic rings. The summed E-state index contributed by atoms with van der Waals surface area (Å²) in [6.45, 7) is 0. The van der Waals surface area contributed by atoms with Gasteiger partial charge in [-0.2, -0.15) is 0 Å². The van der Waals surface area contributed by atoms with Crippen molar-refractivity contribution in [3.05, 3.63) is 42.1 Å². The SMILES string of the molecule is CNC1(Cc2ccc3ccccc3n2)CC1. The second kappa shape index (κ2) is 3.56. The monoisotopic (exact) mass is 212 g/mol. The van der Waals surface area contributed by atoms with Gasteiger partial charge in [-0.25, -0.2) is 0 Å². The van der Waals surface area contributed by atoms with Crippen LogP contribution in [0.5, 0.6) is 0 Å². The maximum Gasteiger partial charge on any atom is 0.0705 e. The van der Waals surface area contributed by atoms with E-state index in [1.54, 1.807) is 0 Å². The van der Waals surface area contributed by atoms with Crippen LogP contribution in [0.1, 0.15) is 18.5 Å². The predicted octanol–water partition coefficient (Wildman–Crippen LogP) is 2.53. The highest BCUT2D eigenvalue weighted by atomic mass is 15.0. The van der Waals surface area contributed by atoms with Crippen LogP contribution in [0.2, 0.25) is 0 Å². The first kappa shape index (κ1) is 9.79. The summed E-state index contributed by atoms with van der Waals surface area (Å²) in [6, 6.07) is 12.6. The molecule has 0 atom stereocenters. The van der Waals surface area contributed by atoms with Crippen LogP contribution in [0, 0.1) is 0 Å². The van der Waals surface area contributed by atoms with E-state index < -0.39 is 0 Å². The van der Waals surface area contributed by atoms with Crippen LogP contribution in [0.4, 0.5) is 0 Å². The van der Waals surface area contributed by atoms with Crippen LogP contribution < -0.4 is 5.32 Å². The molecule has 0 saturated heterocycles. The van der Waals surface area contributed by atoms with Crippen molar-refractivity contribution in [2.45, 2.75) is 24.8 Å². The van der Waals surface area contributed by atoms with Crippen LogP contribution in [-0.4, -0.2) is 17.6 Å². The summed E-state index contributed by atoms with van der Waals surface area (Å²) in [5.41, 5.74) is 2.65. The number of hydrogen-bond donors (Lipinski definition) is 1. The van der Waals surface area contributed by atoms with E-state index >= 15 is 0 Å². The van der Waals surface area contributed by atoms with Gasteiger partial charge < -0.3 is 5.32 Å². The fourth-order valence-electron chi connectivity index (χ4n) is 2.22. The third-order valence-corrected chi connectivity index (χ3v) is 3.56. The molecule has 0 unspecified atom stereocenters. The maximum absolute atomic E-state index is 4.71. The number of fused-ring (bicyclic) bond motifs is 1. The fourth-order valence-corrected chi connectivity index (χ4v) is 2.22. The van der Waals surface area contributed by atoms with Crippen LogP contribution >= 0.6 is 0 Å². The van der Waals surface area contributed by atoms with Gasteiger partial charge in [0, 0.05) is 23.0 Å². The fraction of sp³-hybridized carbons (Fsp3) is 0.357. The number of para-hydroxylation sites is 1. The molecule has 0 amide bonds. The van der Waals surface area contributed by atoms with Gasteiger partial charge in [-0.1, -0.05) is 24.3 Å². The molecule has 1 heterocycles. The van der Waals surface area contributed by atoms with Gasteiger partial charge in [0.15, 0.2) is 0 Å². The first-order valence-electron chi connectivity index (χ1n) is 5.85. The molecule has 0 aliphatic heterocycles. The largest absolute Gasteiger partial charge is 0.314 e. The Hall–Kier alpha value is -1.41. The third-order valence-electron chi connectivity index (χ3n) is 3.56. The van der Waals surface area contributed by atoms with Crippen LogP contribution in [0.25, 0.3) is 10.9 Å². The first-order valence-corrected chi connectivity index (χ1v) is 5.85. The molecule has 2 aromatic rings. The zero-order valence-electron chi connectivity index (χ0n) is 9.53. The second-order valence-corrected chi connectivity index (χ2v) is 4.70. The van der Waals surface area contributed by atoms with E-state index in [1.165, 1.54) is 23.9 Å². The molecule has 1 aliphatic carbocycles. The Kier molecular flexibility index (Phi) is 2.18. The Morgan fingerprint density at radius 3 is 2.75 bits per heavy atom. The lowest BCUT2D eigenvalue weighted by molar-refractivity contribution is 0.543. The molecule has 82 valence electrons. The number of benzene rings is 1. The minimum absolute atomic E-state index is 0.343. The summed E-state index contributed by atoms with van der Waals surface area (Å²) in [5, 5.41) is 4.63. The molecule has 2 heteroatoms. The molecule has 0 radical (unpaired) electrons. The Balaban J connectivity index is 1.93. The first-order chi connectivity index (χ1) is 7.81. The van der Waals surface area contributed by atoms with E-state index in [-0.39, 0.29) is 0 Å². The van der Waals surface area contributed by atoms with Crippen molar-refractivity contribution < 1.29 is 0 Å². The molecular formula is C14H16N2. The normalized spacial score (nSPS) is 17.6. The lowest BCUT2D eigenvalue weighted by Crippen LogP contribution is -2.29. The van der Waals surface area contributed by atoms with Crippen molar-refractivity contribution in [3.8, 4) is 0 Å². The highest BCUT2D eigenvalue weighted by molar-refractivity contribution is 5.78. The number of nitrogens with zero attached hydrogens (tertiary/aromatic N) is 1. The molecule has 0 spiro atoms. The molecule has 1 fully saturated rings. The molecule has 1 aromatic carbocycles. The van der Waals surface area contributed by atoms with Crippen molar-refractivity contribution in [1.82, 2.24) is 10.3 Å². The number of likely N-dealkylation sites (N-methyl/N-ethyl adjacent to an activating group) is 1. The van der Waals surface area contributed by atoms with Gasteiger partial charge in [0.2, 0.25) is 0 Å². The highest BCUT2D eigenvalue weighted by Gasteiger charge is 2.41. The third kappa shape index (κ3) is 1.69. The van der Waals surface area contributed by atoms with Crippen LogP contribution in [0.15, 0.2) is 36.4 Å². The number of pyridine rings is 1. The summed E-state index contributed by atoms with van der Waals surface area (Å²) in [4.78, 5) is 4.71. The van der Waals surface area contributed by atoms with Gasteiger partial charge in [0.1, 0.15) is 0 Å². The average molecular weight is 212 g/mol. The van der Waals surface area contributed by atoms with E-state index in [2.05, 4.69) is 35.6 Å². The Morgan fingerprint density at radius 1 is 1.19 bits per heavy atom. The Morgan fingerprint density at radius 2 is 2.00 bits per heavy atom. The predicted molar refractivity (Wildman–Crippen MR) is 66.5 cm³/mol. The van der Waals surface area contributed by atoms with E-state index in [4.69, 9.17) is 4.98 Å². The summed E-state index contributed by atoms with van der Waals surface area (Å²) in [7, 11) is 2.05. The van der Waals surface area contributed by atoms with Crippen LogP contribution in [-0.2, 0) is 6.42 Å². The molecule has 3 rings (SSSR count). The number of aromatic nitrogens is 1. The van der Waals surface area contributed by atoms with Crippen LogP contribution in [0.3, 0.4) is 0 Å². The minimum Gasteiger partial charge on any atom is -0.314 e. The Bertz CT molecular complexity index is 515. The number of hydrogen-bond acceptors (Lipinski definition) is 2. The minimum atomic E-state index is 0.343. The summed E-state index contributed by atoms with van der Waals surface area (Å²) in [5.74, 6) is 0. The van der Waals surface area contributed by atoms with Crippen molar-refractivity contribution >= 4 is 10.9 Å². The second-order valence-electron chi connectivity index (χ2n) is 4.70. The van der Waals surface area contributed by atoms with Gasteiger partial charge in [-0.05, 0) is 32.0 Å². The maximum atomic E-state index is 4.71. The van der Waals surface area contributed by atoms with E-state index in [0.29, 0.717) is 5.54 Å². The molecule has 16 heavy (non-hydrogen) atoms. The van der Waals surface area contributed by atoms with Gasteiger partial charge >= 0.3 is 0 Å². The number of rotatable bonds is 3. The van der Waals surface area contributed by atoms with Gasteiger partial charge in [-0.3, -0.25) is 4.98 Å². The van der Waals surface area contributed by atoms with Gasteiger partial charge in [0.05, 0.1) is 5.52 Å². The quantitative estimate of drug-likeness (QED) is 0.845. The van der Waals surface area contributed by atoms with Crippen molar-refractivity contribution in [2.24, 2.45) is 0 Å². The lowest BCUT2D eigenvalue weighted by Gasteiger charge is -2.13. The topological polar surface area (TPSA) is 24.9 Å². The molecule has 2 nitrogen and oxygen atoms in total. The molecule has 1 saturated carbocycles. The van der Waals surface area contributed by atoms with E-state index in [9.17, 15) is 0 Å². The summed E-state index contributed by atoms with van der Waals surface area (Å²) in [6.07, 6.45) is 3.60. The van der Waals surface area contributed by atoms with Crippen molar-refractivity contribution in [3.63, 3.8) is 0 Å². The standard InChI is InChI=1S/C14H16N2/c1-15-14(8-9-14)10-12-7-6-11-4-2-3-5-13(11)16-12/h2-7,15H,8-10H2,1H3. The van der Waals surface area contributed by atoms with E-state index in [0.717, 1.165) is 11.9 Å². The van der Waals surface area contributed by atoms with Crippen molar-refractivity contribution in [1.29, 1.82) is 0 Å². The van der Waals surface area contributed by atoms with E-state index in [1.807, 2.05) is 13.1 Å². The molecule has 1 aromatic heterocycles. The zero-order valence-corrected chi connectivity index (χ0v) is 9.53. The Labute approximate surface area is 95.7 Å². The molecule has 1 N–H and O–H groups in total. The smallest absolute Gasteiger partial charge is 0.0705 e. The van der Waals surface area contributed by atoms with Crippen molar-refractivity contribution in [2.75, 3.05) is 7.05 Å². The highest BCUT2D eigenvalue weighted by Crippen LogP contribution is 2.37. The summed E-state index contributed by atoms with van der Waals surface area (Å²) >= 11 is 0. The summed E-state index contributed by atoms with van der Waals surface area (Å²) < 4.78 is 0. The molecule has 0 bridgehead atoms. The lowest BCUT2D eigenvalue weighted by atomic mass is 10.1. The number of nitrogens with one attached hydrogen (secondary N) is 1. The van der Waals surface area contributed by atoms with Gasteiger partial charge in [0.25, 0.3) is 0 Å². The average Bonchev–Trinajstić information content (AvgIpc) is 3.09. The zero-order chi connectivity index (χ0) is 11.0.